The average Bonchev–Trinajstić information content (AvgIpc) is 2.21. The minimum absolute atomic E-state index is 0.331. The molecule has 4 nitrogen and oxygen atoms in total. The van der Waals surface area contributed by atoms with Gasteiger partial charge in [-0.2, -0.15) is 0 Å². The van der Waals surface area contributed by atoms with Crippen LogP contribution >= 0.6 is 23.2 Å². The van der Waals surface area contributed by atoms with Crippen molar-refractivity contribution in [1.29, 1.82) is 0 Å². The van der Waals surface area contributed by atoms with Crippen LogP contribution in [-0.4, -0.2) is 7.11 Å². The molecule has 6 heteroatoms. The van der Waals surface area contributed by atoms with E-state index in [1.54, 1.807) is 12.1 Å². The second kappa shape index (κ2) is 4.82. The van der Waals surface area contributed by atoms with Crippen LogP contribution in [0.2, 0.25) is 10.0 Å². The van der Waals surface area contributed by atoms with Crippen LogP contribution in [0.1, 0.15) is 11.7 Å². The van der Waals surface area contributed by atoms with Crippen molar-refractivity contribution in [3.63, 3.8) is 0 Å². The van der Waals surface area contributed by atoms with Crippen molar-refractivity contribution in [2.75, 3.05) is 7.11 Å². The summed E-state index contributed by atoms with van der Waals surface area (Å²) in [6.45, 7) is 0. The molecule has 0 radical (unpaired) electrons. The quantitative estimate of drug-likeness (QED) is 0.421. The Labute approximate surface area is 92.1 Å². The second-order valence-corrected chi connectivity index (χ2v) is 3.39. The van der Waals surface area contributed by atoms with Gasteiger partial charge >= 0.3 is 0 Å². The zero-order valence-electron chi connectivity index (χ0n) is 7.55. The molecule has 1 unspecified atom stereocenters. The average molecular weight is 236 g/mol. The zero-order valence-corrected chi connectivity index (χ0v) is 9.06. The molecule has 0 spiro atoms. The molecule has 1 aromatic carbocycles. The third kappa shape index (κ3) is 2.10. The first-order valence-corrected chi connectivity index (χ1v) is 4.61. The highest BCUT2D eigenvalue weighted by atomic mass is 35.5. The van der Waals surface area contributed by atoms with Gasteiger partial charge < -0.3 is 10.5 Å². The molecule has 0 aliphatic carbocycles. The fraction of sp³-hybridized carbons (Fsp3) is 0.250. The number of hydrogen-bond donors (Lipinski definition) is 3. The summed E-state index contributed by atoms with van der Waals surface area (Å²) in [6.07, 6.45) is -0.550. The van der Waals surface area contributed by atoms with Crippen molar-refractivity contribution in [1.82, 2.24) is 5.43 Å². The third-order valence-electron chi connectivity index (χ3n) is 1.81. The minimum Gasteiger partial charge on any atom is -0.495 e. The molecule has 1 atom stereocenters. The van der Waals surface area contributed by atoms with Gasteiger partial charge in [-0.15, -0.1) is 0 Å². The van der Waals surface area contributed by atoms with E-state index in [1.807, 2.05) is 0 Å². The lowest BCUT2D eigenvalue weighted by molar-refractivity contribution is 0.414. The molecule has 0 amide bonds. The molecule has 0 aromatic heterocycles. The Bertz CT molecular complexity index is 333. The van der Waals surface area contributed by atoms with E-state index in [2.05, 4.69) is 5.43 Å². The van der Waals surface area contributed by atoms with Crippen LogP contribution in [0.25, 0.3) is 0 Å². The number of benzene rings is 1. The molecule has 0 heterocycles. The van der Waals surface area contributed by atoms with E-state index >= 15 is 0 Å². The van der Waals surface area contributed by atoms with E-state index in [0.29, 0.717) is 21.4 Å². The van der Waals surface area contributed by atoms with Crippen molar-refractivity contribution in [3.8, 4) is 5.75 Å². The summed E-state index contributed by atoms with van der Waals surface area (Å²) < 4.78 is 4.99. The highest BCUT2D eigenvalue weighted by molar-refractivity contribution is 6.43. The summed E-state index contributed by atoms with van der Waals surface area (Å²) in [5.41, 5.74) is 8.64. The molecule has 14 heavy (non-hydrogen) atoms. The summed E-state index contributed by atoms with van der Waals surface area (Å²) in [7, 11) is 1.51. The summed E-state index contributed by atoms with van der Waals surface area (Å²) in [5, 5.41) is 0.675. The van der Waals surface area contributed by atoms with Gasteiger partial charge in [-0.05, 0) is 6.07 Å². The second-order valence-electron chi connectivity index (χ2n) is 2.63. The molecule has 0 bridgehead atoms. The fourth-order valence-corrected chi connectivity index (χ4v) is 1.56. The predicted molar refractivity (Wildman–Crippen MR) is 57.3 cm³/mol. The van der Waals surface area contributed by atoms with Crippen LogP contribution in [0.3, 0.4) is 0 Å². The first-order chi connectivity index (χ1) is 6.61. The van der Waals surface area contributed by atoms with Gasteiger partial charge in [0.15, 0.2) is 0 Å². The van der Waals surface area contributed by atoms with Crippen molar-refractivity contribution in [2.45, 2.75) is 6.17 Å². The molecule has 0 aliphatic heterocycles. The fourth-order valence-electron chi connectivity index (χ4n) is 1.03. The molecule has 78 valence electrons. The normalized spacial score (nSPS) is 12.6. The van der Waals surface area contributed by atoms with Crippen LogP contribution in [0, 0.1) is 0 Å². The minimum atomic E-state index is -0.550. The van der Waals surface area contributed by atoms with Gasteiger partial charge in [0.1, 0.15) is 10.8 Å². The van der Waals surface area contributed by atoms with Gasteiger partial charge in [-0.25, -0.2) is 5.43 Å². The monoisotopic (exact) mass is 235 g/mol. The van der Waals surface area contributed by atoms with Gasteiger partial charge in [0.25, 0.3) is 0 Å². The molecule has 0 saturated carbocycles. The van der Waals surface area contributed by atoms with E-state index in [1.165, 1.54) is 7.11 Å². The molecule has 5 N–H and O–H groups in total. The number of nitrogens with one attached hydrogen (secondary N) is 1. The summed E-state index contributed by atoms with van der Waals surface area (Å²) >= 11 is 11.9. The lowest BCUT2D eigenvalue weighted by atomic mass is 10.2. The topological polar surface area (TPSA) is 73.3 Å². The maximum atomic E-state index is 5.96. The number of ether oxygens (including phenoxy) is 1. The number of hydrazine groups is 1. The molecule has 1 rings (SSSR count). The molecule has 0 fully saturated rings. The SMILES string of the molecule is COc1ccc(C(N)NN)c(Cl)c1Cl. The van der Waals surface area contributed by atoms with E-state index in [0.717, 1.165) is 0 Å². The molecular weight excluding hydrogens is 225 g/mol. The summed E-state index contributed by atoms with van der Waals surface area (Å²) in [5.74, 6) is 5.69. The molecule has 0 aliphatic rings. The molecular formula is C8H11Cl2N3O. The Hall–Kier alpha value is -0.520. The van der Waals surface area contributed by atoms with Gasteiger partial charge in [0.05, 0.1) is 18.3 Å². The van der Waals surface area contributed by atoms with E-state index in [4.69, 9.17) is 39.5 Å². The maximum absolute atomic E-state index is 5.96. The van der Waals surface area contributed by atoms with Gasteiger partial charge in [-0.1, -0.05) is 29.3 Å². The van der Waals surface area contributed by atoms with Crippen LogP contribution in [0.4, 0.5) is 0 Å². The smallest absolute Gasteiger partial charge is 0.139 e. The largest absolute Gasteiger partial charge is 0.495 e. The number of hydrogen-bond acceptors (Lipinski definition) is 4. The van der Waals surface area contributed by atoms with E-state index < -0.39 is 6.17 Å². The number of methoxy groups -OCH3 is 1. The Morgan fingerprint density at radius 2 is 2.00 bits per heavy atom. The number of halogens is 2. The Balaban J connectivity index is 3.17. The van der Waals surface area contributed by atoms with Crippen LogP contribution in [-0.2, 0) is 0 Å². The van der Waals surface area contributed by atoms with Gasteiger partial charge in [-0.3, -0.25) is 5.84 Å². The van der Waals surface area contributed by atoms with E-state index in [-0.39, 0.29) is 0 Å². The standard InChI is InChI=1S/C8H11Cl2N3O/c1-14-5-3-2-4(8(11)13-12)6(9)7(5)10/h2-3,8,13H,11-12H2,1H3. The lowest BCUT2D eigenvalue weighted by Gasteiger charge is -2.14. The predicted octanol–water partition coefficient (Wildman–Crippen LogP) is 1.42. The zero-order chi connectivity index (χ0) is 10.7. The van der Waals surface area contributed by atoms with Crippen molar-refractivity contribution >= 4 is 23.2 Å². The van der Waals surface area contributed by atoms with Gasteiger partial charge in [0, 0.05) is 5.56 Å². The Morgan fingerprint density at radius 1 is 1.36 bits per heavy atom. The number of rotatable bonds is 3. The molecule has 0 saturated heterocycles. The maximum Gasteiger partial charge on any atom is 0.139 e. The molecule has 1 aromatic rings. The van der Waals surface area contributed by atoms with Crippen molar-refractivity contribution in [3.05, 3.63) is 27.7 Å². The van der Waals surface area contributed by atoms with Crippen LogP contribution in [0.5, 0.6) is 5.75 Å². The van der Waals surface area contributed by atoms with Crippen LogP contribution < -0.4 is 21.7 Å². The third-order valence-corrected chi connectivity index (χ3v) is 2.69. The van der Waals surface area contributed by atoms with E-state index in [9.17, 15) is 0 Å². The number of nitrogens with two attached hydrogens (primary N) is 2. The van der Waals surface area contributed by atoms with Gasteiger partial charge in [0.2, 0.25) is 0 Å². The van der Waals surface area contributed by atoms with Crippen molar-refractivity contribution in [2.24, 2.45) is 11.6 Å². The van der Waals surface area contributed by atoms with Crippen molar-refractivity contribution < 1.29 is 4.74 Å². The highest BCUT2D eigenvalue weighted by Gasteiger charge is 2.14. The lowest BCUT2D eigenvalue weighted by Crippen LogP contribution is -2.34. The Morgan fingerprint density at radius 3 is 2.50 bits per heavy atom. The highest BCUT2D eigenvalue weighted by Crippen LogP contribution is 2.35. The van der Waals surface area contributed by atoms with Crippen LogP contribution in [0.15, 0.2) is 12.1 Å². The summed E-state index contributed by atoms with van der Waals surface area (Å²) in [6, 6.07) is 3.39. The first kappa shape index (κ1) is 11.6. The summed E-state index contributed by atoms with van der Waals surface area (Å²) in [4.78, 5) is 0. The Kier molecular flexibility index (Phi) is 3.97. The first-order valence-electron chi connectivity index (χ1n) is 3.85.